The van der Waals surface area contributed by atoms with E-state index in [1.807, 2.05) is 32.9 Å². The summed E-state index contributed by atoms with van der Waals surface area (Å²) in [6.07, 6.45) is 0. The molecule has 1 N–H and O–H groups in total. The van der Waals surface area contributed by atoms with Crippen LogP contribution in [0, 0.1) is 20.8 Å². The Morgan fingerprint density at radius 1 is 1.14 bits per heavy atom. The quantitative estimate of drug-likeness (QED) is 0.804. The number of rotatable bonds is 4. The molecule has 0 aliphatic heterocycles. The van der Waals surface area contributed by atoms with Crippen molar-refractivity contribution in [2.45, 2.75) is 20.8 Å². The van der Waals surface area contributed by atoms with Crippen LogP contribution in [0.2, 0.25) is 5.02 Å². The van der Waals surface area contributed by atoms with Crippen LogP contribution in [-0.4, -0.2) is 12.5 Å². The maximum absolute atomic E-state index is 12.0. The van der Waals surface area contributed by atoms with Gasteiger partial charge in [-0.2, -0.15) is 0 Å². The van der Waals surface area contributed by atoms with E-state index < -0.39 is 0 Å². The molecule has 0 aromatic heterocycles. The third-order valence-electron chi connectivity index (χ3n) is 3.24. The second-order valence-corrected chi connectivity index (χ2v) is 6.52. The van der Waals surface area contributed by atoms with Crippen LogP contribution in [0.5, 0.6) is 5.75 Å². The van der Waals surface area contributed by atoms with Gasteiger partial charge in [0.1, 0.15) is 5.75 Å². The number of hydrogen-bond acceptors (Lipinski definition) is 2. The van der Waals surface area contributed by atoms with E-state index >= 15 is 0 Å². The summed E-state index contributed by atoms with van der Waals surface area (Å²) in [7, 11) is 0. The van der Waals surface area contributed by atoms with Crippen LogP contribution in [0.15, 0.2) is 34.8 Å². The van der Waals surface area contributed by atoms with Crippen molar-refractivity contribution in [2.75, 3.05) is 11.9 Å². The fraction of sp³-hybridized carbons (Fsp3) is 0.235. The van der Waals surface area contributed by atoms with Gasteiger partial charge in [-0.3, -0.25) is 4.79 Å². The van der Waals surface area contributed by atoms with Gasteiger partial charge in [0, 0.05) is 15.2 Å². The van der Waals surface area contributed by atoms with Crippen LogP contribution in [0.3, 0.4) is 0 Å². The Morgan fingerprint density at radius 3 is 2.36 bits per heavy atom. The number of nitrogens with one attached hydrogen (secondary N) is 1. The summed E-state index contributed by atoms with van der Waals surface area (Å²) >= 11 is 9.34. The summed E-state index contributed by atoms with van der Waals surface area (Å²) in [6.45, 7) is 5.76. The second kappa shape index (κ2) is 7.16. The standard InChI is InChI=1S/C17H17BrClNO2/c1-10-8-14(19)4-5-15(10)20-16(21)9-22-17-11(2)6-13(18)7-12(17)3/h4-8H,9H2,1-3H3,(H,20,21). The largest absolute Gasteiger partial charge is 0.483 e. The monoisotopic (exact) mass is 381 g/mol. The Balaban J connectivity index is 2.02. The molecule has 1 amide bonds. The number of anilines is 1. The molecule has 2 aromatic carbocycles. The third-order valence-corrected chi connectivity index (χ3v) is 3.93. The first-order chi connectivity index (χ1) is 10.4. The van der Waals surface area contributed by atoms with Crippen LogP contribution in [0.1, 0.15) is 16.7 Å². The highest BCUT2D eigenvalue weighted by Crippen LogP contribution is 2.27. The average molecular weight is 383 g/mol. The lowest BCUT2D eigenvalue weighted by atomic mass is 10.1. The van der Waals surface area contributed by atoms with Crippen LogP contribution in [-0.2, 0) is 4.79 Å². The summed E-state index contributed by atoms with van der Waals surface area (Å²) in [4.78, 5) is 12.0. The molecule has 0 atom stereocenters. The van der Waals surface area contributed by atoms with Crippen molar-refractivity contribution in [2.24, 2.45) is 0 Å². The molecule has 0 unspecified atom stereocenters. The third kappa shape index (κ3) is 4.24. The Kier molecular flexibility index (Phi) is 5.48. The lowest BCUT2D eigenvalue weighted by Gasteiger charge is -2.13. The Morgan fingerprint density at radius 2 is 1.77 bits per heavy atom. The number of carbonyl (C=O) groups excluding carboxylic acids is 1. The highest BCUT2D eigenvalue weighted by atomic mass is 79.9. The van der Waals surface area contributed by atoms with Gasteiger partial charge < -0.3 is 10.1 Å². The number of benzene rings is 2. The summed E-state index contributed by atoms with van der Waals surface area (Å²) in [5, 5.41) is 3.47. The number of halogens is 2. The van der Waals surface area contributed by atoms with Crippen LogP contribution >= 0.6 is 27.5 Å². The zero-order valence-corrected chi connectivity index (χ0v) is 15.0. The molecular formula is C17H17BrClNO2. The average Bonchev–Trinajstić information content (AvgIpc) is 2.40. The molecule has 0 bridgehead atoms. The summed E-state index contributed by atoms with van der Waals surface area (Å²) in [5.41, 5.74) is 3.63. The van der Waals surface area contributed by atoms with E-state index in [2.05, 4.69) is 21.2 Å². The molecule has 0 heterocycles. The molecule has 0 saturated carbocycles. The molecule has 5 heteroatoms. The van der Waals surface area contributed by atoms with Crippen LogP contribution in [0.4, 0.5) is 5.69 Å². The van der Waals surface area contributed by atoms with Gasteiger partial charge in [0.15, 0.2) is 6.61 Å². The number of carbonyl (C=O) groups is 1. The van der Waals surface area contributed by atoms with E-state index in [1.54, 1.807) is 18.2 Å². The highest BCUT2D eigenvalue weighted by molar-refractivity contribution is 9.10. The molecule has 3 nitrogen and oxygen atoms in total. The molecule has 2 aromatic rings. The first-order valence-corrected chi connectivity index (χ1v) is 7.99. The van der Waals surface area contributed by atoms with E-state index in [0.29, 0.717) is 5.02 Å². The predicted molar refractivity (Wildman–Crippen MR) is 93.9 cm³/mol. The Bertz CT molecular complexity index is 693. The van der Waals surface area contributed by atoms with Crippen LogP contribution in [0.25, 0.3) is 0 Å². The lowest BCUT2D eigenvalue weighted by molar-refractivity contribution is -0.118. The van der Waals surface area contributed by atoms with Gasteiger partial charge in [0.05, 0.1) is 0 Å². The summed E-state index contributed by atoms with van der Waals surface area (Å²) in [6, 6.07) is 9.26. The SMILES string of the molecule is Cc1cc(Cl)ccc1NC(=O)COc1c(C)cc(Br)cc1C. The van der Waals surface area contributed by atoms with Crippen molar-refractivity contribution in [3.8, 4) is 5.75 Å². The first kappa shape index (κ1) is 16.8. The topological polar surface area (TPSA) is 38.3 Å². The molecule has 116 valence electrons. The lowest BCUT2D eigenvalue weighted by Crippen LogP contribution is -2.21. The van der Waals surface area contributed by atoms with Gasteiger partial charge in [0.2, 0.25) is 0 Å². The fourth-order valence-corrected chi connectivity index (χ4v) is 3.13. The molecule has 2 rings (SSSR count). The van der Waals surface area contributed by atoms with Gasteiger partial charge in [-0.25, -0.2) is 0 Å². The van der Waals surface area contributed by atoms with Crippen molar-refractivity contribution >= 4 is 39.1 Å². The first-order valence-electron chi connectivity index (χ1n) is 6.82. The smallest absolute Gasteiger partial charge is 0.262 e. The maximum atomic E-state index is 12.0. The van der Waals surface area contributed by atoms with E-state index in [0.717, 1.165) is 32.6 Å². The number of hydrogen-bond donors (Lipinski definition) is 1. The zero-order chi connectivity index (χ0) is 16.3. The van der Waals surface area contributed by atoms with Crippen molar-refractivity contribution in [3.05, 3.63) is 56.5 Å². The fourth-order valence-electron chi connectivity index (χ4n) is 2.22. The maximum Gasteiger partial charge on any atom is 0.262 e. The number of aryl methyl sites for hydroxylation is 3. The number of ether oxygens (including phenoxy) is 1. The molecule has 0 aliphatic carbocycles. The number of amides is 1. The van der Waals surface area contributed by atoms with Crippen molar-refractivity contribution < 1.29 is 9.53 Å². The van der Waals surface area contributed by atoms with Gasteiger partial charge in [0.25, 0.3) is 5.91 Å². The molecule has 0 aliphatic rings. The van der Waals surface area contributed by atoms with Crippen molar-refractivity contribution in [3.63, 3.8) is 0 Å². The van der Waals surface area contributed by atoms with Gasteiger partial charge in [-0.15, -0.1) is 0 Å². The Labute approximate surface area is 143 Å². The van der Waals surface area contributed by atoms with Gasteiger partial charge >= 0.3 is 0 Å². The van der Waals surface area contributed by atoms with Crippen molar-refractivity contribution in [1.82, 2.24) is 0 Å². The minimum Gasteiger partial charge on any atom is -0.483 e. The van der Waals surface area contributed by atoms with E-state index in [4.69, 9.17) is 16.3 Å². The highest BCUT2D eigenvalue weighted by Gasteiger charge is 2.10. The second-order valence-electron chi connectivity index (χ2n) is 5.16. The van der Waals surface area contributed by atoms with Gasteiger partial charge in [-0.05, 0) is 67.8 Å². The van der Waals surface area contributed by atoms with Crippen LogP contribution < -0.4 is 10.1 Å². The molecule has 22 heavy (non-hydrogen) atoms. The minimum atomic E-state index is -0.202. The molecule has 0 spiro atoms. The summed E-state index contributed by atoms with van der Waals surface area (Å²) < 4.78 is 6.66. The van der Waals surface area contributed by atoms with E-state index in [1.165, 1.54) is 0 Å². The van der Waals surface area contributed by atoms with Crippen molar-refractivity contribution in [1.29, 1.82) is 0 Å². The van der Waals surface area contributed by atoms with Gasteiger partial charge in [-0.1, -0.05) is 27.5 Å². The molecule has 0 fully saturated rings. The predicted octanol–water partition coefficient (Wildman–Crippen LogP) is 5.05. The Hall–Kier alpha value is -1.52. The minimum absolute atomic E-state index is 0.0363. The normalized spacial score (nSPS) is 10.4. The van der Waals surface area contributed by atoms with E-state index in [-0.39, 0.29) is 12.5 Å². The molecule has 0 radical (unpaired) electrons. The zero-order valence-electron chi connectivity index (χ0n) is 12.7. The molecular weight excluding hydrogens is 366 g/mol. The molecule has 0 saturated heterocycles. The summed E-state index contributed by atoms with van der Waals surface area (Å²) in [5.74, 6) is 0.540. The van der Waals surface area contributed by atoms with E-state index in [9.17, 15) is 4.79 Å².